The Kier molecular flexibility index (Phi) is 3.80. The van der Waals surface area contributed by atoms with Crippen LogP contribution >= 0.6 is 11.6 Å². The van der Waals surface area contributed by atoms with Crippen LogP contribution in [0.4, 0.5) is 13.2 Å². The van der Waals surface area contributed by atoms with E-state index < -0.39 is 17.7 Å². The van der Waals surface area contributed by atoms with Crippen LogP contribution in [-0.2, 0) is 0 Å². The third-order valence-electron chi connectivity index (χ3n) is 2.79. The van der Waals surface area contributed by atoms with Gasteiger partial charge in [0, 0.05) is 18.7 Å². The van der Waals surface area contributed by atoms with Gasteiger partial charge in [0.15, 0.2) is 0 Å². The van der Waals surface area contributed by atoms with Crippen LogP contribution in [0.15, 0.2) is 29.8 Å². The van der Waals surface area contributed by atoms with Crippen molar-refractivity contribution >= 4 is 17.5 Å². The van der Waals surface area contributed by atoms with Gasteiger partial charge in [-0.2, -0.15) is 13.2 Å². The molecule has 0 aliphatic carbocycles. The van der Waals surface area contributed by atoms with Gasteiger partial charge in [-0.05, 0) is 18.6 Å². The van der Waals surface area contributed by atoms with Crippen LogP contribution in [0.1, 0.15) is 16.9 Å². The van der Waals surface area contributed by atoms with Crippen LogP contribution in [0, 0.1) is 0 Å². The summed E-state index contributed by atoms with van der Waals surface area (Å²) in [5, 5.41) is 0.175. The molecule has 1 aromatic rings. The molecule has 0 spiro atoms. The maximum Gasteiger partial charge on any atom is 0.412 e. The normalized spacial score (nSPS) is 16.2. The Hall–Kier alpha value is -1.56. The van der Waals surface area contributed by atoms with E-state index in [0.29, 0.717) is 0 Å². The zero-order chi connectivity index (χ0) is 14.0. The van der Waals surface area contributed by atoms with Crippen LogP contribution in [0.25, 0.3) is 0 Å². The number of halogens is 4. The zero-order valence-electron chi connectivity index (χ0n) is 9.75. The van der Waals surface area contributed by atoms with Crippen LogP contribution in [0.5, 0.6) is 0 Å². The topological polar surface area (TPSA) is 33.2 Å². The summed E-state index contributed by atoms with van der Waals surface area (Å²) in [7, 11) is 0. The smallest absolute Gasteiger partial charge is 0.333 e. The number of hydrogen-bond acceptors (Lipinski definition) is 2. The van der Waals surface area contributed by atoms with E-state index in [9.17, 15) is 18.0 Å². The Balaban J connectivity index is 2.10. The molecule has 0 saturated heterocycles. The Morgan fingerprint density at radius 1 is 1.37 bits per heavy atom. The highest BCUT2D eigenvalue weighted by atomic mass is 35.5. The van der Waals surface area contributed by atoms with Gasteiger partial charge in [-0.1, -0.05) is 23.7 Å². The van der Waals surface area contributed by atoms with Crippen molar-refractivity contribution in [2.24, 2.45) is 0 Å². The second-order valence-electron chi connectivity index (χ2n) is 4.07. The lowest BCUT2D eigenvalue weighted by Gasteiger charge is -2.27. The molecule has 0 bridgehead atoms. The number of rotatable bonds is 1. The first-order valence-electron chi connectivity index (χ1n) is 5.56. The van der Waals surface area contributed by atoms with Gasteiger partial charge in [-0.3, -0.25) is 4.79 Å². The molecular formula is C12H10ClF3N2O. The molecule has 1 aliphatic heterocycles. The molecule has 0 unspecified atom stereocenters. The minimum Gasteiger partial charge on any atom is -0.333 e. The zero-order valence-corrected chi connectivity index (χ0v) is 10.5. The highest BCUT2D eigenvalue weighted by molar-refractivity contribution is 6.29. The number of nitrogens with zero attached hydrogens (tertiary/aromatic N) is 2. The molecule has 2 rings (SSSR count). The fraction of sp³-hybridized carbons (Fsp3) is 0.333. The van der Waals surface area contributed by atoms with Crippen molar-refractivity contribution in [1.29, 1.82) is 0 Å². The number of pyridine rings is 1. The predicted molar refractivity (Wildman–Crippen MR) is 63.9 cm³/mol. The number of alkyl halides is 3. The summed E-state index contributed by atoms with van der Waals surface area (Å²) in [5.41, 5.74) is -0.452. The molecule has 1 amide bonds. The maximum absolute atomic E-state index is 12.4. The second-order valence-corrected chi connectivity index (χ2v) is 4.46. The molecule has 0 N–H and O–H groups in total. The lowest BCUT2D eigenvalue weighted by molar-refractivity contribution is -0.0957. The summed E-state index contributed by atoms with van der Waals surface area (Å²) < 4.78 is 37.3. The van der Waals surface area contributed by atoms with E-state index in [1.807, 2.05) is 0 Å². The van der Waals surface area contributed by atoms with Crippen molar-refractivity contribution in [2.75, 3.05) is 13.1 Å². The number of aromatic nitrogens is 1. The summed E-state index contributed by atoms with van der Waals surface area (Å²) in [6, 6.07) is 4.58. The Morgan fingerprint density at radius 3 is 2.63 bits per heavy atom. The summed E-state index contributed by atoms with van der Waals surface area (Å²) in [5.74, 6) is -0.417. The van der Waals surface area contributed by atoms with E-state index in [0.717, 1.165) is 6.08 Å². The third-order valence-corrected chi connectivity index (χ3v) is 3.01. The molecule has 0 fully saturated rings. The summed E-state index contributed by atoms with van der Waals surface area (Å²) in [6.07, 6.45) is -3.48. The minimum atomic E-state index is -4.32. The van der Waals surface area contributed by atoms with Gasteiger partial charge in [-0.15, -0.1) is 0 Å². The molecule has 1 aliphatic rings. The lowest BCUT2D eigenvalue weighted by Crippen LogP contribution is -2.37. The molecule has 0 radical (unpaired) electrons. The second kappa shape index (κ2) is 5.21. The van der Waals surface area contributed by atoms with Gasteiger partial charge in [0.05, 0.1) is 0 Å². The van der Waals surface area contributed by atoms with Gasteiger partial charge in [0.2, 0.25) is 0 Å². The van der Waals surface area contributed by atoms with Gasteiger partial charge >= 0.3 is 6.18 Å². The lowest BCUT2D eigenvalue weighted by atomic mass is 10.1. The first-order valence-corrected chi connectivity index (χ1v) is 5.94. The van der Waals surface area contributed by atoms with E-state index in [2.05, 4.69) is 4.98 Å². The first-order chi connectivity index (χ1) is 8.88. The van der Waals surface area contributed by atoms with Crippen molar-refractivity contribution < 1.29 is 18.0 Å². The van der Waals surface area contributed by atoms with Crippen molar-refractivity contribution in [1.82, 2.24) is 9.88 Å². The molecule has 0 atom stereocenters. The fourth-order valence-corrected chi connectivity index (χ4v) is 1.96. The van der Waals surface area contributed by atoms with Crippen molar-refractivity contribution in [3.63, 3.8) is 0 Å². The molecule has 0 aromatic carbocycles. The number of amides is 1. The summed E-state index contributed by atoms with van der Waals surface area (Å²) >= 11 is 5.67. The van der Waals surface area contributed by atoms with E-state index in [1.54, 1.807) is 6.07 Å². The first kappa shape index (κ1) is 13.9. The van der Waals surface area contributed by atoms with E-state index in [4.69, 9.17) is 11.6 Å². The third kappa shape index (κ3) is 3.26. The van der Waals surface area contributed by atoms with Crippen molar-refractivity contribution in [3.8, 4) is 0 Å². The Labute approximate surface area is 112 Å². The van der Waals surface area contributed by atoms with Crippen LogP contribution in [0.2, 0.25) is 5.15 Å². The number of hydrogen-bond donors (Lipinski definition) is 0. The largest absolute Gasteiger partial charge is 0.412 e. The number of carbonyl (C=O) groups excluding carboxylic acids is 1. The highest BCUT2D eigenvalue weighted by Crippen LogP contribution is 2.30. The van der Waals surface area contributed by atoms with E-state index in [-0.39, 0.29) is 30.4 Å². The monoisotopic (exact) mass is 290 g/mol. The molecular weight excluding hydrogens is 281 g/mol. The molecule has 1 aromatic heterocycles. The van der Waals surface area contributed by atoms with Crippen LogP contribution in [-0.4, -0.2) is 35.1 Å². The highest BCUT2D eigenvalue weighted by Gasteiger charge is 2.35. The molecule has 7 heteroatoms. The minimum absolute atomic E-state index is 0.0262. The van der Waals surface area contributed by atoms with Crippen molar-refractivity contribution in [2.45, 2.75) is 12.6 Å². The average Bonchev–Trinajstić information content (AvgIpc) is 2.37. The van der Waals surface area contributed by atoms with Gasteiger partial charge in [-0.25, -0.2) is 4.98 Å². The SMILES string of the molecule is O=C(c1cccc(Cl)n1)N1CC=C(C(F)(F)F)CC1. The van der Waals surface area contributed by atoms with Crippen LogP contribution in [0.3, 0.4) is 0 Å². The number of carbonyl (C=O) groups is 1. The quantitative estimate of drug-likeness (QED) is 0.588. The Bertz CT molecular complexity index is 528. The standard InChI is InChI=1S/C12H10ClF3N2O/c13-10-3-1-2-9(17-10)11(19)18-6-4-8(5-7-18)12(14,15)16/h1-4H,5-7H2. The maximum atomic E-state index is 12.4. The van der Waals surface area contributed by atoms with E-state index in [1.165, 1.54) is 17.0 Å². The average molecular weight is 291 g/mol. The molecule has 0 saturated carbocycles. The molecule has 102 valence electrons. The van der Waals surface area contributed by atoms with Crippen molar-refractivity contribution in [3.05, 3.63) is 40.7 Å². The fourth-order valence-electron chi connectivity index (χ4n) is 1.80. The summed E-state index contributed by atoms with van der Waals surface area (Å²) in [4.78, 5) is 17.2. The van der Waals surface area contributed by atoms with Gasteiger partial charge in [0.1, 0.15) is 10.8 Å². The van der Waals surface area contributed by atoms with Gasteiger partial charge in [0.25, 0.3) is 5.91 Å². The molecule has 19 heavy (non-hydrogen) atoms. The summed E-state index contributed by atoms with van der Waals surface area (Å²) in [6.45, 7) is -0.0414. The Morgan fingerprint density at radius 2 is 2.11 bits per heavy atom. The van der Waals surface area contributed by atoms with Gasteiger partial charge < -0.3 is 4.90 Å². The van der Waals surface area contributed by atoms with E-state index >= 15 is 0 Å². The molecule has 3 nitrogen and oxygen atoms in total. The van der Waals surface area contributed by atoms with Crippen LogP contribution < -0.4 is 0 Å². The predicted octanol–water partition coefficient (Wildman–Crippen LogP) is 3.07. The molecule has 2 heterocycles.